The third-order valence-corrected chi connectivity index (χ3v) is 6.78. The molecular weight excluding hydrogens is 502 g/mol. The van der Waals surface area contributed by atoms with Gasteiger partial charge in [0.05, 0.1) is 33.0 Å². The van der Waals surface area contributed by atoms with Gasteiger partial charge in [-0.05, 0) is 36.6 Å². The number of ketones is 1. The number of hydrogen-bond acceptors (Lipinski definition) is 7. The van der Waals surface area contributed by atoms with Gasteiger partial charge in [0, 0.05) is 18.8 Å². The molecule has 3 amide bonds. The second kappa shape index (κ2) is 13.3. The molecule has 39 heavy (non-hydrogen) atoms. The molecule has 0 aliphatic carbocycles. The van der Waals surface area contributed by atoms with Crippen LogP contribution in [-0.2, 0) is 41.5 Å². The van der Waals surface area contributed by atoms with E-state index in [4.69, 9.17) is 14.2 Å². The number of nitrogens with one attached hydrogen (secondary N) is 3. The molecular formula is C29H35N3O7. The SMILES string of the molecule is COc1ccc(C[C@H](NC(=O)[C@H](C)NC(=O)CC2COC2)C(=O)N[C@@H](Cc2ccccc2)C(=O)[C@H]2CO2)cc1. The summed E-state index contributed by atoms with van der Waals surface area (Å²) in [5.74, 6) is -0.640. The van der Waals surface area contributed by atoms with Crippen LogP contribution in [0, 0.1) is 5.92 Å². The summed E-state index contributed by atoms with van der Waals surface area (Å²) in [7, 11) is 1.56. The maximum absolute atomic E-state index is 13.5. The molecule has 2 aromatic carbocycles. The summed E-state index contributed by atoms with van der Waals surface area (Å²) >= 11 is 0. The first kappa shape index (κ1) is 28.3. The summed E-state index contributed by atoms with van der Waals surface area (Å²) in [6.07, 6.45) is 0.212. The van der Waals surface area contributed by atoms with Crippen molar-refractivity contribution in [3.8, 4) is 5.75 Å². The Balaban J connectivity index is 1.46. The van der Waals surface area contributed by atoms with Gasteiger partial charge in [0.15, 0.2) is 5.78 Å². The fraction of sp³-hybridized carbons (Fsp3) is 0.448. The van der Waals surface area contributed by atoms with Gasteiger partial charge in [0.1, 0.15) is 23.9 Å². The van der Waals surface area contributed by atoms with Gasteiger partial charge in [0.25, 0.3) is 0 Å². The van der Waals surface area contributed by atoms with Crippen LogP contribution >= 0.6 is 0 Å². The summed E-state index contributed by atoms with van der Waals surface area (Å²) in [5, 5.41) is 8.31. The van der Waals surface area contributed by atoms with Crippen LogP contribution in [0.2, 0.25) is 0 Å². The van der Waals surface area contributed by atoms with Crippen LogP contribution in [0.3, 0.4) is 0 Å². The summed E-state index contributed by atoms with van der Waals surface area (Å²) < 4.78 is 15.5. The van der Waals surface area contributed by atoms with Crippen molar-refractivity contribution in [1.29, 1.82) is 0 Å². The Kier molecular flexibility index (Phi) is 9.67. The molecule has 2 aromatic rings. The van der Waals surface area contributed by atoms with Gasteiger partial charge in [-0.25, -0.2) is 0 Å². The fourth-order valence-corrected chi connectivity index (χ4v) is 4.32. The Labute approximate surface area is 227 Å². The van der Waals surface area contributed by atoms with Crippen molar-refractivity contribution in [2.24, 2.45) is 5.92 Å². The smallest absolute Gasteiger partial charge is 0.243 e. The highest BCUT2D eigenvalue weighted by atomic mass is 16.6. The molecule has 2 fully saturated rings. The fourth-order valence-electron chi connectivity index (χ4n) is 4.32. The molecule has 10 nitrogen and oxygen atoms in total. The average Bonchev–Trinajstić information content (AvgIpc) is 3.76. The first-order valence-corrected chi connectivity index (χ1v) is 13.1. The van der Waals surface area contributed by atoms with Crippen LogP contribution in [0.4, 0.5) is 0 Å². The average molecular weight is 538 g/mol. The molecule has 0 spiro atoms. The molecule has 2 heterocycles. The van der Waals surface area contributed by atoms with Gasteiger partial charge < -0.3 is 30.2 Å². The van der Waals surface area contributed by atoms with Crippen molar-refractivity contribution in [2.45, 2.75) is 50.4 Å². The molecule has 0 aromatic heterocycles. The molecule has 10 heteroatoms. The predicted molar refractivity (Wildman–Crippen MR) is 142 cm³/mol. The molecule has 4 rings (SSSR count). The molecule has 2 aliphatic rings. The summed E-state index contributed by atoms with van der Waals surface area (Å²) in [6.45, 7) is 2.97. The molecule has 2 aliphatic heterocycles. The number of epoxide rings is 1. The quantitative estimate of drug-likeness (QED) is 0.306. The number of rotatable bonds is 14. The topological polar surface area (TPSA) is 135 Å². The van der Waals surface area contributed by atoms with Crippen molar-refractivity contribution in [2.75, 3.05) is 26.9 Å². The van der Waals surface area contributed by atoms with Crippen molar-refractivity contribution in [3.05, 3.63) is 65.7 Å². The monoisotopic (exact) mass is 537 g/mol. The zero-order valence-electron chi connectivity index (χ0n) is 22.2. The highest BCUT2D eigenvalue weighted by Crippen LogP contribution is 2.17. The molecule has 0 unspecified atom stereocenters. The van der Waals surface area contributed by atoms with Crippen LogP contribution in [0.25, 0.3) is 0 Å². The summed E-state index contributed by atoms with van der Waals surface area (Å²) in [4.78, 5) is 51.9. The van der Waals surface area contributed by atoms with E-state index in [9.17, 15) is 19.2 Å². The van der Waals surface area contributed by atoms with Crippen molar-refractivity contribution >= 4 is 23.5 Å². The number of ether oxygens (including phenoxy) is 3. The van der Waals surface area contributed by atoms with E-state index in [-0.39, 0.29) is 30.4 Å². The third-order valence-electron chi connectivity index (χ3n) is 6.78. The molecule has 0 saturated carbocycles. The minimum absolute atomic E-state index is 0.156. The second-order valence-corrected chi connectivity index (χ2v) is 9.99. The zero-order chi connectivity index (χ0) is 27.8. The normalized spacial score (nSPS) is 18.6. The molecule has 208 valence electrons. The van der Waals surface area contributed by atoms with Gasteiger partial charge in [-0.2, -0.15) is 0 Å². The number of Topliss-reactive ketones (excluding diaryl/α,β-unsaturated/α-hetero) is 1. The summed E-state index contributed by atoms with van der Waals surface area (Å²) in [6, 6.07) is 13.9. The van der Waals surface area contributed by atoms with E-state index >= 15 is 0 Å². The van der Waals surface area contributed by atoms with Gasteiger partial charge in [-0.1, -0.05) is 42.5 Å². The number of benzene rings is 2. The van der Waals surface area contributed by atoms with Crippen molar-refractivity contribution in [3.63, 3.8) is 0 Å². The van der Waals surface area contributed by atoms with Gasteiger partial charge in [-0.15, -0.1) is 0 Å². The van der Waals surface area contributed by atoms with Gasteiger partial charge in [-0.3, -0.25) is 19.2 Å². The maximum atomic E-state index is 13.5. The Hall–Kier alpha value is -3.76. The Bertz CT molecular complexity index is 1150. The maximum Gasteiger partial charge on any atom is 0.243 e. The van der Waals surface area contributed by atoms with E-state index in [0.29, 0.717) is 32.0 Å². The van der Waals surface area contributed by atoms with E-state index in [1.165, 1.54) is 0 Å². The van der Waals surface area contributed by atoms with Crippen LogP contribution in [0.15, 0.2) is 54.6 Å². The van der Waals surface area contributed by atoms with E-state index in [1.54, 1.807) is 26.2 Å². The molecule has 0 bridgehead atoms. The number of methoxy groups -OCH3 is 1. The lowest BCUT2D eigenvalue weighted by atomic mass is 9.99. The number of amides is 3. The van der Waals surface area contributed by atoms with E-state index < -0.39 is 36.0 Å². The van der Waals surface area contributed by atoms with Crippen LogP contribution < -0.4 is 20.7 Å². The number of carbonyl (C=O) groups is 4. The van der Waals surface area contributed by atoms with Crippen LogP contribution in [-0.4, -0.2) is 74.7 Å². The highest BCUT2D eigenvalue weighted by Gasteiger charge is 2.38. The van der Waals surface area contributed by atoms with Gasteiger partial charge >= 0.3 is 0 Å². The van der Waals surface area contributed by atoms with E-state index in [0.717, 1.165) is 11.1 Å². The van der Waals surface area contributed by atoms with Crippen LogP contribution in [0.1, 0.15) is 24.5 Å². The van der Waals surface area contributed by atoms with Crippen LogP contribution in [0.5, 0.6) is 5.75 Å². The molecule has 0 radical (unpaired) electrons. The first-order valence-electron chi connectivity index (χ1n) is 13.1. The second-order valence-electron chi connectivity index (χ2n) is 9.99. The number of hydrogen-bond donors (Lipinski definition) is 3. The highest BCUT2D eigenvalue weighted by molar-refractivity contribution is 5.96. The Morgan fingerprint density at radius 3 is 2.05 bits per heavy atom. The summed E-state index contributed by atoms with van der Waals surface area (Å²) in [5.41, 5.74) is 1.68. The first-order chi connectivity index (χ1) is 18.8. The minimum Gasteiger partial charge on any atom is -0.497 e. The Morgan fingerprint density at radius 2 is 1.46 bits per heavy atom. The Morgan fingerprint density at radius 1 is 0.846 bits per heavy atom. The van der Waals surface area contributed by atoms with E-state index in [2.05, 4.69) is 16.0 Å². The predicted octanol–water partition coefficient (Wildman–Crippen LogP) is 0.959. The van der Waals surface area contributed by atoms with E-state index in [1.807, 2.05) is 42.5 Å². The lowest BCUT2D eigenvalue weighted by molar-refractivity contribution is -0.134. The zero-order valence-corrected chi connectivity index (χ0v) is 22.2. The van der Waals surface area contributed by atoms with Crippen molar-refractivity contribution in [1.82, 2.24) is 16.0 Å². The van der Waals surface area contributed by atoms with Crippen molar-refractivity contribution < 1.29 is 33.4 Å². The molecule has 3 N–H and O–H groups in total. The number of carbonyl (C=O) groups excluding carboxylic acids is 4. The third kappa shape index (κ3) is 8.36. The standard InChI is InChI=1S/C29H35N3O7/c1-18(30-26(33)14-21-15-38-16-21)28(35)32-24(13-20-8-10-22(37-2)11-9-20)29(36)31-23(27(34)25-17-39-25)12-19-6-4-3-5-7-19/h3-11,18,21,23-25H,12-17H2,1-2H3,(H,30,33)(H,31,36)(H,32,35)/t18-,23-,24-,25+/m0/s1. The minimum atomic E-state index is -0.989. The van der Waals surface area contributed by atoms with Gasteiger partial charge in [0.2, 0.25) is 17.7 Å². The molecule has 4 atom stereocenters. The molecule has 2 saturated heterocycles. The largest absolute Gasteiger partial charge is 0.497 e. The lowest BCUT2D eigenvalue weighted by Gasteiger charge is -2.26. The lowest BCUT2D eigenvalue weighted by Crippen LogP contribution is -2.56.